The van der Waals surface area contributed by atoms with Gasteiger partial charge in [0.25, 0.3) is 0 Å². The van der Waals surface area contributed by atoms with Crippen LogP contribution in [0.15, 0.2) is 72.8 Å². The zero-order valence-electron chi connectivity index (χ0n) is 18.4. The molecule has 2 heterocycles. The minimum atomic E-state index is 0.876. The number of rotatable bonds is 8. The molecule has 0 spiro atoms. The topological polar surface area (TPSA) is 53.2 Å². The normalized spacial score (nSPS) is 14.8. The van der Waals surface area contributed by atoms with E-state index in [1.165, 1.54) is 23.1 Å². The molecule has 164 valence electrons. The Morgan fingerprint density at radius 2 is 1.69 bits per heavy atom. The summed E-state index contributed by atoms with van der Waals surface area (Å²) in [5, 5.41) is 3.57. The fourth-order valence-corrected chi connectivity index (χ4v) is 4.24. The van der Waals surface area contributed by atoms with Crippen molar-refractivity contribution in [3.8, 4) is 22.5 Å². The number of aromatic amines is 1. The van der Waals surface area contributed by atoms with Crippen molar-refractivity contribution in [1.29, 1.82) is 0 Å². The molecule has 1 aromatic heterocycles. The van der Waals surface area contributed by atoms with Gasteiger partial charge in [0, 0.05) is 25.2 Å². The quantitative estimate of drug-likeness (QED) is 0.401. The number of ether oxygens (including phenoxy) is 1. The number of hydrogen-bond acceptors (Lipinski definition) is 4. The molecular weight excluding hydrogens is 396 g/mol. The lowest BCUT2D eigenvalue weighted by molar-refractivity contribution is 0.0374. The van der Waals surface area contributed by atoms with Crippen LogP contribution in [0.3, 0.4) is 0 Å². The average molecular weight is 427 g/mol. The van der Waals surface area contributed by atoms with Crippen LogP contribution in [-0.4, -0.2) is 54.3 Å². The van der Waals surface area contributed by atoms with E-state index >= 15 is 0 Å². The van der Waals surface area contributed by atoms with Crippen molar-refractivity contribution < 1.29 is 4.74 Å². The van der Waals surface area contributed by atoms with Gasteiger partial charge in [0.05, 0.1) is 24.2 Å². The molecule has 0 bridgehead atoms. The standard InChI is InChI=1S/C27H30N4O/c1-2-8-26-25(7-1)29-27(30-26)24-6-3-5-23(19-24)22-11-9-21(10-12-22)20-28-13-4-14-31-15-17-32-18-16-31/h1-3,5-12,19,28H,4,13-18,20H2,(H,29,30). The predicted molar refractivity (Wildman–Crippen MR) is 131 cm³/mol. The molecule has 32 heavy (non-hydrogen) atoms. The molecule has 5 heteroatoms. The number of para-hydroxylation sites is 2. The summed E-state index contributed by atoms with van der Waals surface area (Å²) in [7, 11) is 0. The van der Waals surface area contributed by atoms with E-state index in [1.807, 2.05) is 18.2 Å². The van der Waals surface area contributed by atoms with Gasteiger partial charge in [-0.3, -0.25) is 4.90 Å². The molecule has 1 saturated heterocycles. The summed E-state index contributed by atoms with van der Waals surface area (Å²) < 4.78 is 5.41. The molecule has 0 amide bonds. The van der Waals surface area contributed by atoms with Crippen molar-refractivity contribution in [2.24, 2.45) is 0 Å². The average Bonchev–Trinajstić information content (AvgIpc) is 3.30. The van der Waals surface area contributed by atoms with Crippen molar-refractivity contribution in [2.45, 2.75) is 13.0 Å². The summed E-state index contributed by atoms with van der Waals surface area (Å²) in [6.07, 6.45) is 1.17. The highest BCUT2D eigenvalue weighted by Crippen LogP contribution is 2.26. The third-order valence-electron chi connectivity index (χ3n) is 6.07. The van der Waals surface area contributed by atoms with Gasteiger partial charge < -0.3 is 15.0 Å². The molecule has 0 saturated carbocycles. The fraction of sp³-hybridized carbons (Fsp3) is 0.296. The minimum absolute atomic E-state index is 0.876. The van der Waals surface area contributed by atoms with Gasteiger partial charge in [-0.25, -0.2) is 4.98 Å². The first-order chi connectivity index (χ1) is 15.8. The lowest BCUT2D eigenvalue weighted by atomic mass is 10.0. The number of benzene rings is 3. The second-order valence-electron chi connectivity index (χ2n) is 8.36. The van der Waals surface area contributed by atoms with Crippen LogP contribution in [0.1, 0.15) is 12.0 Å². The Bertz CT molecular complexity index is 1110. The van der Waals surface area contributed by atoms with Crippen LogP contribution in [-0.2, 0) is 11.3 Å². The van der Waals surface area contributed by atoms with E-state index in [-0.39, 0.29) is 0 Å². The minimum Gasteiger partial charge on any atom is -0.379 e. The van der Waals surface area contributed by atoms with Crippen LogP contribution in [0, 0.1) is 0 Å². The van der Waals surface area contributed by atoms with Gasteiger partial charge in [0.1, 0.15) is 5.82 Å². The van der Waals surface area contributed by atoms with E-state index < -0.39 is 0 Å². The lowest BCUT2D eigenvalue weighted by Gasteiger charge is -2.26. The van der Waals surface area contributed by atoms with Gasteiger partial charge in [0.2, 0.25) is 0 Å². The maximum absolute atomic E-state index is 5.41. The molecule has 4 aromatic rings. The number of nitrogens with zero attached hydrogens (tertiary/aromatic N) is 2. The second-order valence-corrected chi connectivity index (χ2v) is 8.36. The Labute approximate surface area is 189 Å². The maximum atomic E-state index is 5.41. The molecule has 2 N–H and O–H groups in total. The summed E-state index contributed by atoms with van der Waals surface area (Å²) in [6.45, 7) is 6.98. The van der Waals surface area contributed by atoms with Crippen LogP contribution in [0.5, 0.6) is 0 Å². The molecule has 0 unspecified atom stereocenters. The Hall–Kier alpha value is -2.99. The predicted octanol–water partition coefficient (Wildman–Crippen LogP) is 4.71. The summed E-state index contributed by atoms with van der Waals surface area (Å²) in [5.74, 6) is 0.908. The zero-order chi connectivity index (χ0) is 21.6. The molecule has 0 radical (unpaired) electrons. The van der Waals surface area contributed by atoms with Crippen molar-refractivity contribution in [3.63, 3.8) is 0 Å². The van der Waals surface area contributed by atoms with E-state index in [2.05, 4.69) is 69.8 Å². The third-order valence-corrected chi connectivity index (χ3v) is 6.07. The van der Waals surface area contributed by atoms with Gasteiger partial charge in [-0.2, -0.15) is 0 Å². The number of aromatic nitrogens is 2. The number of morpholine rings is 1. The summed E-state index contributed by atoms with van der Waals surface area (Å²) in [6, 6.07) is 25.6. The summed E-state index contributed by atoms with van der Waals surface area (Å²) >= 11 is 0. The first-order valence-corrected chi connectivity index (χ1v) is 11.5. The molecule has 1 aliphatic rings. The Morgan fingerprint density at radius 3 is 2.53 bits per heavy atom. The Balaban J connectivity index is 1.17. The summed E-state index contributed by atoms with van der Waals surface area (Å²) in [5.41, 5.74) is 6.90. The van der Waals surface area contributed by atoms with Crippen molar-refractivity contribution >= 4 is 11.0 Å². The van der Waals surface area contributed by atoms with Crippen molar-refractivity contribution in [3.05, 3.63) is 78.4 Å². The molecule has 5 nitrogen and oxygen atoms in total. The first-order valence-electron chi connectivity index (χ1n) is 11.5. The van der Waals surface area contributed by atoms with Crippen LogP contribution in [0.2, 0.25) is 0 Å². The Morgan fingerprint density at radius 1 is 0.875 bits per heavy atom. The van der Waals surface area contributed by atoms with E-state index in [0.29, 0.717) is 0 Å². The largest absolute Gasteiger partial charge is 0.379 e. The van der Waals surface area contributed by atoms with Gasteiger partial charge >= 0.3 is 0 Å². The van der Waals surface area contributed by atoms with Gasteiger partial charge in [0.15, 0.2) is 0 Å². The maximum Gasteiger partial charge on any atom is 0.138 e. The lowest BCUT2D eigenvalue weighted by Crippen LogP contribution is -2.37. The SMILES string of the molecule is c1cc(-c2ccc(CNCCCN3CCOCC3)cc2)cc(-c2nc3ccccc3[nH]2)c1. The fourth-order valence-electron chi connectivity index (χ4n) is 4.24. The molecule has 1 fully saturated rings. The highest BCUT2D eigenvalue weighted by molar-refractivity contribution is 5.80. The number of fused-ring (bicyclic) bond motifs is 1. The van der Waals surface area contributed by atoms with Crippen LogP contribution < -0.4 is 5.32 Å². The van der Waals surface area contributed by atoms with E-state index in [4.69, 9.17) is 9.72 Å². The molecule has 1 aliphatic heterocycles. The number of hydrogen-bond donors (Lipinski definition) is 2. The number of nitrogens with one attached hydrogen (secondary N) is 2. The van der Waals surface area contributed by atoms with E-state index in [9.17, 15) is 0 Å². The zero-order valence-corrected chi connectivity index (χ0v) is 18.4. The summed E-state index contributed by atoms with van der Waals surface area (Å²) in [4.78, 5) is 10.6. The molecule has 5 rings (SSSR count). The Kier molecular flexibility index (Phi) is 6.58. The third kappa shape index (κ3) is 5.07. The number of H-pyrrole nitrogens is 1. The molecule has 0 aliphatic carbocycles. The molecular formula is C27H30N4O. The highest BCUT2D eigenvalue weighted by atomic mass is 16.5. The van der Waals surface area contributed by atoms with Gasteiger partial charge in [-0.05, 0) is 54.4 Å². The van der Waals surface area contributed by atoms with Gasteiger partial charge in [-0.1, -0.05) is 54.6 Å². The molecule has 0 atom stereocenters. The van der Waals surface area contributed by atoms with E-state index in [1.54, 1.807) is 0 Å². The van der Waals surface area contributed by atoms with Crippen LogP contribution >= 0.6 is 0 Å². The highest BCUT2D eigenvalue weighted by Gasteiger charge is 2.09. The first kappa shape index (κ1) is 20.9. The molecule has 3 aromatic carbocycles. The van der Waals surface area contributed by atoms with Crippen LogP contribution in [0.4, 0.5) is 0 Å². The second kappa shape index (κ2) is 10.1. The van der Waals surface area contributed by atoms with Crippen LogP contribution in [0.25, 0.3) is 33.5 Å². The van der Waals surface area contributed by atoms with Crippen molar-refractivity contribution in [1.82, 2.24) is 20.2 Å². The van der Waals surface area contributed by atoms with Crippen molar-refractivity contribution in [2.75, 3.05) is 39.4 Å². The monoisotopic (exact) mass is 426 g/mol. The number of imidazole rings is 1. The van der Waals surface area contributed by atoms with E-state index in [0.717, 1.165) is 68.4 Å². The van der Waals surface area contributed by atoms with Gasteiger partial charge in [-0.15, -0.1) is 0 Å². The smallest absolute Gasteiger partial charge is 0.138 e.